The summed E-state index contributed by atoms with van der Waals surface area (Å²) in [5.41, 5.74) is 4.38. The van der Waals surface area contributed by atoms with Gasteiger partial charge < -0.3 is 5.11 Å². The maximum absolute atomic E-state index is 11.3. The van der Waals surface area contributed by atoms with Gasteiger partial charge in [0.2, 0.25) is 0 Å². The SMILES string of the molecule is CCC(CCc1cc(C)ccc1C(=O)O)=Nc1ccccc1. The lowest BCUT2D eigenvalue weighted by Crippen LogP contribution is -2.06. The number of aromatic carboxylic acids is 1. The fourth-order valence-corrected chi connectivity index (χ4v) is 2.41. The molecule has 22 heavy (non-hydrogen) atoms. The molecule has 2 aromatic carbocycles. The summed E-state index contributed by atoms with van der Waals surface area (Å²) in [5, 5.41) is 9.28. The van der Waals surface area contributed by atoms with E-state index in [2.05, 4.69) is 11.9 Å². The van der Waals surface area contributed by atoms with Gasteiger partial charge in [-0.05, 0) is 49.9 Å². The lowest BCUT2D eigenvalue weighted by Gasteiger charge is -2.09. The Labute approximate surface area is 131 Å². The van der Waals surface area contributed by atoms with Crippen molar-refractivity contribution in [3.63, 3.8) is 0 Å². The third-order valence-corrected chi connectivity index (χ3v) is 3.63. The van der Waals surface area contributed by atoms with Crippen molar-refractivity contribution in [2.24, 2.45) is 4.99 Å². The second-order valence-electron chi connectivity index (χ2n) is 5.33. The van der Waals surface area contributed by atoms with Crippen LogP contribution in [0, 0.1) is 6.92 Å². The van der Waals surface area contributed by atoms with Crippen LogP contribution >= 0.6 is 0 Å². The summed E-state index contributed by atoms with van der Waals surface area (Å²) >= 11 is 0. The van der Waals surface area contributed by atoms with Gasteiger partial charge in [0.15, 0.2) is 0 Å². The number of aliphatic imine (C=N–C) groups is 1. The second kappa shape index (κ2) is 7.55. The van der Waals surface area contributed by atoms with E-state index in [9.17, 15) is 9.90 Å². The first-order valence-corrected chi connectivity index (χ1v) is 7.54. The van der Waals surface area contributed by atoms with Crippen LogP contribution in [0.2, 0.25) is 0 Å². The average molecular weight is 295 g/mol. The number of benzene rings is 2. The van der Waals surface area contributed by atoms with Gasteiger partial charge in [0.1, 0.15) is 0 Å². The van der Waals surface area contributed by atoms with E-state index in [0.29, 0.717) is 12.0 Å². The molecule has 0 aromatic heterocycles. The number of para-hydroxylation sites is 1. The van der Waals surface area contributed by atoms with Crippen LogP contribution in [0.3, 0.4) is 0 Å². The predicted molar refractivity (Wildman–Crippen MR) is 90.3 cm³/mol. The van der Waals surface area contributed by atoms with E-state index >= 15 is 0 Å². The first kappa shape index (κ1) is 16.0. The Hall–Kier alpha value is -2.42. The smallest absolute Gasteiger partial charge is 0.335 e. The van der Waals surface area contributed by atoms with Gasteiger partial charge in [-0.1, -0.05) is 42.8 Å². The van der Waals surface area contributed by atoms with Gasteiger partial charge in [-0.25, -0.2) is 4.79 Å². The fourth-order valence-electron chi connectivity index (χ4n) is 2.41. The molecule has 0 fully saturated rings. The van der Waals surface area contributed by atoms with Gasteiger partial charge in [0.25, 0.3) is 0 Å². The molecule has 0 bridgehead atoms. The highest BCUT2D eigenvalue weighted by molar-refractivity contribution is 5.90. The largest absolute Gasteiger partial charge is 0.478 e. The molecule has 3 nitrogen and oxygen atoms in total. The van der Waals surface area contributed by atoms with Crippen molar-refractivity contribution in [2.45, 2.75) is 33.1 Å². The fraction of sp³-hybridized carbons (Fsp3) is 0.263. The number of hydrogen-bond acceptors (Lipinski definition) is 2. The molecule has 0 amide bonds. The molecule has 0 aliphatic rings. The quantitative estimate of drug-likeness (QED) is 0.777. The summed E-state index contributed by atoms with van der Waals surface area (Å²) in [6, 6.07) is 15.3. The monoisotopic (exact) mass is 295 g/mol. The van der Waals surface area contributed by atoms with E-state index in [1.165, 1.54) is 0 Å². The molecule has 0 aliphatic heterocycles. The van der Waals surface area contributed by atoms with Crippen LogP contribution in [0.1, 0.15) is 41.3 Å². The van der Waals surface area contributed by atoms with Crippen LogP contribution in [0.4, 0.5) is 5.69 Å². The molecular weight excluding hydrogens is 274 g/mol. The topological polar surface area (TPSA) is 49.7 Å². The second-order valence-corrected chi connectivity index (χ2v) is 5.33. The molecule has 1 N–H and O–H groups in total. The molecule has 3 heteroatoms. The lowest BCUT2D eigenvalue weighted by atomic mass is 9.98. The van der Waals surface area contributed by atoms with Gasteiger partial charge in [0.05, 0.1) is 11.3 Å². The van der Waals surface area contributed by atoms with Gasteiger partial charge in [0, 0.05) is 5.71 Å². The normalized spacial score (nSPS) is 11.5. The van der Waals surface area contributed by atoms with Crippen LogP contribution < -0.4 is 0 Å². The van der Waals surface area contributed by atoms with Crippen LogP contribution in [0.25, 0.3) is 0 Å². The minimum Gasteiger partial charge on any atom is -0.478 e. The summed E-state index contributed by atoms with van der Waals surface area (Å²) in [5.74, 6) is -0.868. The number of nitrogens with zero attached hydrogens (tertiary/aromatic N) is 1. The molecule has 0 spiro atoms. The molecule has 0 saturated heterocycles. The van der Waals surface area contributed by atoms with Crippen LogP contribution in [-0.2, 0) is 6.42 Å². The summed E-state index contributed by atoms with van der Waals surface area (Å²) in [6.45, 7) is 4.06. The molecule has 0 unspecified atom stereocenters. The van der Waals surface area contributed by atoms with Crippen molar-refractivity contribution in [3.05, 3.63) is 65.2 Å². The highest BCUT2D eigenvalue weighted by Crippen LogP contribution is 2.17. The van der Waals surface area contributed by atoms with Crippen molar-refractivity contribution in [3.8, 4) is 0 Å². The summed E-state index contributed by atoms with van der Waals surface area (Å²) in [7, 11) is 0. The van der Waals surface area contributed by atoms with E-state index < -0.39 is 5.97 Å². The molecule has 2 rings (SSSR count). The zero-order valence-corrected chi connectivity index (χ0v) is 13.0. The van der Waals surface area contributed by atoms with E-state index in [1.807, 2.05) is 49.4 Å². The summed E-state index contributed by atoms with van der Waals surface area (Å²) in [6.07, 6.45) is 2.33. The molecule has 0 saturated carbocycles. The highest BCUT2D eigenvalue weighted by atomic mass is 16.4. The zero-order chi connectivity index (χ0) is 15.9. The van der Waals surface area contributed by atoms with Gasteiger partial charge in [-0.2, -0.15) is 0 Å². The molecular formula is C19H21NO2. The van der Waals surface area contributed by atoms with Crippen molar-refractivity contribution in [2.75, 3.05) is 0 Å². The Balaban J connectivity index is 2.16. The number of aryl methyl sites for hydroxylation is 2. The van der Waals surface area contributed by atoms with E-state index in [4.69, 9.17) is 0 Å². The molecule has 2 aromatic rings. The van der Waals surface area contributed by atoms with Crippen LogP contribution in [0.15, 0.2) is 53.5 Å². The Morgan fingerprint density at radius 1 is 1.14 bits per heavy atom. The van der Waals surface area contributed by atoms with Crippen LogP contribution in [0.5, 0.6) is 0 Å². The number of hydrogen-bond donors (Lipinski definition) is 1. The number of carboxylic acid groups (broad SMARTS) is 1. The molecule has 0 aliphatic carbocycles. The molecule has 0 radical (unpaired) electrons. The maximum atomic E-state index is 11.3. The first-order valence-electron chi connectivity index (χ1n) is 7.54. The van der Waals surface area contributed by atoms with Crippen molar-refractivity contribution in [1.82, 2.24) is 0 Å². The highest BCUT2D eigenvalue weighted by Gasteiger charge is 2.10. The Bertz CT molecular complexity index is 675. The number of carbonyl (C=O) groups is 1. The molecule has 0 atom stereocenters. The van der Waals surface area contributed by atoms with Crippen LogP contribution in [-0.4, -0.2) is 16.8 Å². The number of rotatable bonds is 6. The van der Waals surface area contributed by atoms with Crippen molar-refractivity contribution in [1.29, 1.82) is 0 Å². The maximum Gasteiger partial charge on any atom is 0.335 e. The standard InChI is InChI=1S/C19H21NO2/c1-3-16(20-17-7-5-4-6-8-17)11-10-15-13-14(2)9-12-18(15)19(21)22/h4-9,12-13H,3,10-11H2,1-2H3,(H,21,22). The van der Waals surface area contributed by atoms with E-state index in [1.54, 1.807) is 6.07 Å². The molecule has 114 valence electrons. The minimum atomic E-state index is -0.868. The van der Waals surface area contributed by atoms with E-state index in [0.717, 1.165) is 35.4 Å². The lowest BCUT2D eigenvalue weighted by molar-refractivity contribution is 0.0695. The minimum absolute atomic E-state index is 0.390. The Morgan fingerprint density at radius 3 is 2.50 bits per heavy atom. The van der Waals surface area contributed by atoms with Gasteiger partial charge in [-0.3, -0.25) is 4.99 Å². The predicted octanol–water partition coefficient (Wildman–Crippen LogP) is 4.81. The summed E-state index contributed by atoms with van der Waals surface area (Å²) in [4.78, 5) is 16.0. The average Bonchev–Trinajstić information content (AvgIpc) is 2.52. The zero-order valence-electron chi connectivity index (χ0n) is 13.0. The van der Waals surface area contributed by atoms with Gasteiger partial charge >= 0.3 is 5.97 Å². The van der Waals surface area contributed by atoms with E-state index in [-0.39, 0.29) is 0 Å². The molecule has 0 heterocycles. The Morgan fingerprint density at radius 2 is 1.86 bits per heavy atom. The Kier molecular flexibility index (Phi) is 5.48. The van der Waals surface area contributed by atoms with Crippen molar-refractivity contribution >= 4 is 17.4 Å². The third kappa shape index (κ3) is 4.29. The third-order valence-electron chi connectivity index (χ3n) is 3.63. The van der Waals surface area contributed by atoms with Crippen molar-refractivity contribution < 1.29 is 9.90 Å². The number of carboxylic acids is 1. The first-order chi connectivity index (χ1) is 10.6. The summed E-state index contributed by atoms with van der Waals surface area (Å²) < 4.78 is 0. The van der Waals surface area contributed by atoms with Gasteiger partial charge in [-0.15, -0.1) is 0 Å².